The van der Waals surface area contributed by atoms with Crippen molar-refractivity contribution in [1.29, 1.82) is 0 Å². The Kier molecular flexibility index (Phi) is 6.10. The van der Waals surface area contributed by atoms with Crippen molar-refractivity contribution < 1.29 is 23.2 Å². The fourth-order valence-electron chi connectivity index (χ4n) is 4.05. The lowest BCUT2D eigenvalue weighted by atomic mass is 10.1. The van der Waals surface area contributed by atoms with E-state index in [-0.39, 0.29) is 13.2 Å². The molecule has 0 N–H and O–H groups in total. The number of aromatic nitrogens is 2. The molecule has 0 amide bonds. The lowest BCUT2D eigenvalue weighted by Crippen LogP contribution is -2.16. The summed E-state index contributed by atoms with van der Waals surface area (Å²) in [6, 6.07) is 18.6. The van der Waals surface area contributed by atoms with Gasteiger partial charge in [-0.1, -0.05) is 41.6 Å². The molecule has 5 rings (SSSR count). The predicted octanol–water partition coefficient (Wildman–Crippen LogP) is 5.18. The molecule has 0 atom stereocenters. The summed E-state index contributed by atoms with van der Waals surface area (Å²) in [7, 11) is 0. The zero-order valence-electron chi connectivity index (χ0n) is 19.4. The SMILES string of the molecule is Cc1noc(C)c1COc1cc2ccccc2cc1C(=O)OCCCn1c(=O)oc2ccccc21. The first-order valence-electron chi connectivity index (χ1n) is 11.3. The van der Waals surface area contributed by atoms with E-state index in [9.17, 15) is 9.59 Å². The van der Waals surface area contributed by atoms with Crippen molar-refractivity contribution in [3.63, 3.8) is 0 Å². The van der Waals surface area contributed by atoms with Crippen LogP contribution >= 0.6 is 0 Å². The molecule has 35 heavy (non-hydrogen) atoms. The van der Waals surface area contributed by atoms with Crippen LogP contribution in [0.4, 0.5) is 0 Å². The maximum absolute atomic E-state index is 13.0. The van der Waals surface area contributed by atoms with E-state index in [1.165, 1.54) is 4.57 Å². The number of hydrogen-bond acceptors (Lipinski definition) is 7. The third-order valence-corrected chi connectivity index (χ3v) is 5.95. The van der Waals surface area contributed by atoms with Gasteiger partial charge in [0.1, 0.15) is 23.7 Å². The molecule has 0 radical (unpaired) electrons. The summed E-state index contributed by atoms with van der Waals surface area (Å²) in [6.07, 6.45) is 0.456. The van der Waals surface area contributed by atoms with Gasteiger partial charge < -0.3 is 18.4 Å². The number of fused-ring (bicyclic) bond motifs is 2. The van der Waals surface area contributed by atoms with Crippen LogP contribution in [0.1, 0.15) is 33.8 Å². The average molecular weight is 472 g/mol. The van der Waals surface area contributed by atoms with Gasteiger partial charge in [-0.05, 0) is 55.3 Å². The second kappa shape index (κ2) is 9.50. The minimum Gasteiger partial charge on any atom is -0.488 e. The molecule has 0 aliphatic heterocycles. The molecule has 0 bridgehead atoms. The molecular weight excluding hydrogens is 448 g/mol. The van der Waals surface area contributed by atoms with E-state index < -0.39 is 11.7 Å². The van der Waals surface area contributed by atoms with Gasteiger partial charge >= 0.3 is 11.7 Å². The number of carbonyl (C=O) groups is 1. The Balaban J connectivity index is 1.31. The van der Waals surface area contributed by atoms with Crippen LogP contribution in [0.3, 0.4) is 0 Å². The van der Waals surface area contributed by atoms with E-state index >= 15 is 0 Å². The summed E-state index contributed by atoms with van der Waals surface area (Å²) in [4.78, 5) is 25.2. The second-order valence-corrected chi connectivity index (χ2v) is 8.26. The number of para-hydroxylation sites is 2. The molecule has 0 aliphatic carbocycles. The van der Waals surface area contributed by atoms with E-state index in [2.05, 4.69) is 5.16 Å². The summed E-state index contributed by atoms with van der Waals surface area (Å²) >= 11 is 0. The Hall–Kier alpha value is -4.33. The summed E-state index contributed by atoms with van der Waals surface area (Å²) in [5, 5.41) is 5.81. The Morgan fingerprint density at radius 2 is 1.77 bits per heavy atom. The third-order valence-electron chi connectivity index (χ3n) is 5.95. The normalized spacial score (nSPS) is 11.3. The fraction of sp³-hybridized carbons (Fsp3) is 0.222. The molecule has 178 valence electrons. The van der Waals surface area contributed by atoms with Crippen molar-refractivity contribution in [3.05, 3.63) is 93.8 Å². The molecule has 8 heteroatoms. The fourth-order valence-corrected chi connectivity index (χ4v) is 4.05. The number of benzene rings is 3. The highest BCUT2D eigenvalue weighted by Gasteiger charge is 2.18. The van der Waals surface area contributed by atoms with Crippen LogP contribution in [-0.2, 0) is 17.9 Å². The molecular formula is C27H24N2O6. The van der Waals surface area contributed by atoms with Crippen molar-refractivity contribution in [3.8, 4) is 5.75 Å². The molecule has 5 aromatic rings. The van der Waals surface area contributed by atoms with E-state index in [0.29, 0.717) is 41.1 Å². The van der Waals surface area contributed by atoms with Crippen molar-refractivity contribution in [2.75, 3.05) is 6.61 Å². The summed E-state index contributed by atoms with van der Waals surface area (Å²) in [5.74, 6) is 0.177. The van der Waals surface area contributed by atoms with Gasteiger partial charge in [0.05, 0.1) is 23.4 Å². The van der Waals surface area contributed by atoms with Crippen molar-refractivity contribution >= 4 is 27.8 Å². The number of esters is 1. The number of rotatable bonds is 8. The van der Waals surface area contributed by atoms with E-state index in [0.717, 1.165) is 22.0 Å². The van der Waals surface area contributed by atoms with E-state index in [1.807, 2.05) is 62.4 Å². The topological polar surface area (TPSA) is 96.7 Å². The van der Waals surface area contributed by atoms with E-state index in [1.54, 1.807) is 12.1 Å². The van der Waals surface area contributed by atoms with Crippen molar-refractivity contribution in [2.24, 2.45) is 0 Å². The molecule has 3 aromatic carbocycles. The minimum absolute atomic E-state index is 0.140. The van der Waals surface area contributed by atoms with Crippen LogP contribution in [0.5, 0.6) is 5.75 Å². The number of oxazole rings is 1. The van der Waals surface area contributed by atoms with Gasteiger partial charge in [0.25, 0.3) is 0 Å². The molecule has 0 saturated carbocycles. The lowest BCUT2D eigenvalue weighted by molar-refractivity contribution is 0.0491. The monoisotopic (exact) mass is 472 g/mol. The second-order valence-electron chi connectivity index (χ2n) is 8.26. The summed E-state index contributed by atoms with van der Waals surface area (Å²) < 4.78 is 23.6. The highest BCUT2D eigenvalue weighted by atomic mass is 16.5. The van der Waals surface area contributed by atoms with Gasteiger partial charge in [0.2, 0.25) is 0 Å². The quantitative estimate of drug-likeness (QED) is 0.227. The van der Waals surface area contributed by atoms with Crippen LogP contribution in [-0.4, -0.2) is 22.3 Å². The summed E-state index contributed by atoms with van der Waals surface area (Å²) in [5.41, 5.74) is 3.17. The third kappa shape index (κ3) is 4.55. The van der Waals surface area contributed by atoms with Gasteiger partial charge in [0, 0.05) is 6.54 Å². The maximum atomic E-state index is 13.0. The number of nitrogens with zero attached hydrogens (tertiary/aromatic N) is 2. The largest absolute Gasteiger partial charge is 0.488 e. The zero-order valence-corrected chi connectivity index (χ0v) is 19.4. The van der Waals surface area contributed by atoms with Gasteiger partial charge in [-0.3, -0.25) is 4.57 Å². The smallest absolute Gasteiger partial charge is 0.419 e. The Bertz CT molecular complexity index is 1560. The Morgan fingerprint density at radius 1 is 1.03 bits per heavy atom. The summed E-state index contributed by atoms with van der Waals surface area (Å²) in [6.45, 7) is 4.40. The molecule has 2 aromatic heterocycles. The molecule has 0 spiro atoms. The van der Waals surface area contributed by atoms with Gasteiger partial charge in [-0.25, -0.2) is 9.59 Å². The highest BCUT2D eigenvalue weighted by Crippen LogP contribution is 2.28. The molecule has 2 heterocycles. The molecule has 0 saturated heterocycles. The first kappa shape index (κ1) is 22.5. The van der Waals surface area contributed by atoms with Crippen LogP contribution in [0.15, 0.2) is 74.4 Å². The van der Waals surface area contributed by atoms with Crippen LogP contribution in [0.25, 0.3) is 21.9 Å². The lowest BCUT2D eigenvalue weighted by Gasteiger charge is -2.13. The molecule has 0 fully saturated rings. The number of hydrogen-bond donors (Lipinski definition) is 0. The van der Waals surface area contributed by atoms with Gasteiger partial charge in [0.15, 0.2) is 5.58 Å². The Morgan fingerprint density at radius 3 is 2.54 bits per heavy atom. The molecule has 0 aliphatic rings. The average Bonchev–Trinajstić information content (AvgIpc) is 3.36. The minimum atomic E-state index is -0.492. The number of ether oxygens (including phenoxy) is 2. The highest BCUT2D eigenvalue weighted by molar-refractivity contribution is 5.98. The van der Waals surface area contributed by atoms with Crippen molar-refractivity contribution in [2.45, 2.75) is 33.4 Å². The first-order chi connectivity index (χ1) is 17.0. The zero-order chi connectivity index (χ0) is 24.4. The standard InChI is InChI=1S/C27H24N2O6/c1-17-22(18(2)35-28-17)16-33-25-15-20-9-4-3-8-19(20)14-21(25)26(30)32-13-7-12-29-23-10-5-6-11-24(23)34-27(29)31/h3-6,8-11,14-15H,7,12-13,16H2,1-2H3. The predicted molar refractivity (Wildman–Crippen MR) is 130 cm³/mol. The van der Waals surface area contributed by atoms with Gasteiger partial charge in [-0.2, -0.15) is 0 Å². The molecule has 0 unspecified atom stereocenters. The number of carbonyl (C=O) groups excluding carboxylic acids is 1. The van der Waals surface area contributed by atoms with E-state index in [4.69, 9.17) is 18.4 Å². The molecule has 8 nitrogen and oxygen atoms in total. The van der Waals surface area contributed by atoms with Crippen molar-refractivity contribution in [1.82, 2.24) is 9.72 Å². The maximum Gasteiger partial charge on any atom is 0.419 e. The van der Waals surface area contributed by atoms with Gasteiger partial charge in [-0.15, -0.1) is 0 Å². The first-order valence-corrected chi connectivity index (χ1v) is 11.3. The van der Waals surface area contributed by atoms with Crippen LogP contribution < -0.4 is 10.5 Å². The van der Waals surface area contributed by atoms with Crippen LogP contribution in [0.2, 0.25) is 0 Å². The number of aryl methyl sites for hydroxylation is 3. The Labute approximate surface area is 200 Å². The van der Waals surface area contributed by atoms with Crippen LogP contribution in [0, 0.1) is 13.8 Å².